The maximum absolute atomic E-state index is 12.1. The van der Waals surface area contributed by atoms with Gasteiger partial charge < -0.3 is 47.2 Å². The van der Waals surface area contributed by atoms with Crippen molar-refractivity contribution in [3.05, 3.63) is 0 Å². The predicted molar refractivity (Wildman–Crippen MR) is 94.1 cm³/mol. The lowest BCUT2D eigenvalue weighted by Gasteiger charge is -2.23. The zero-order chi connectivity index (χ0) is 22.7. The number of hydrogen-bond donors (Lipinski definition) is 9. The number of carbonyl (C=O) groups excluding carboxylic acids is 3. The molecule has 10 N–H and O–H groups in total. The third-order valence-electron chi connectivity index (χ3n) is 3.72. The maximum Gasteiger partial charge on any atom is 0.326 e. The van der Waals surface area contributed by atoms with Gasteiger partial charge in [0, 0.05) is 6.42 Å². The van der Waals surface area contributed by atoms with Gasteiger partial charge in [0.05, 0.1) is 19.3 Å². The van der Waals surface area contributed by atoms with E-state index in [9.17, 15) is 39.3 Å². The highest BCUT2D eigenvalue weighted by Gasteiger charge is 2.30. The molecule has 0 aliphatic heterocycles. The number of aliphatic hydroxyl groups is 3. The van der Waals surface area contributed by atoms with Crippen LogP contribution < -0.4 is 21.7 Å². The number of nitrogens with two attached hydrogens (primary N) is 1. The Hall–Kier alpha value is -2.81. The molecule has 0 rings (SSSR count). The second-order valence-corrected chi connectivity index (χ2v) is 6.09. The van der Waals surface area contributed by atoms with Crippen molar-refractivity contribution in [3.8, 4) is 0 Å². The summed E-state index contributed by atoms with van der Waals surface area (Å²) in [6, 6.07) is -6.19. The Kier molecular flexibility index (Phi) is 11.4. The van der Waals surface area contributed by atoms with E-state index in [1.54, 1.807) is 0 Å². The summed E-state index contributed by atoms with van der Waals surface area (Å²) in [6.07, 6.45) is -2.22. The normalized spacial score (nSPS) is 15.9. The van der Waals surface area contributed by atoms with Crippen molar-refractivity contribution >= 4 is 29.7 Å². The largest absolute Gasteiger partial charge is 0.481 e. The summed E-state index contributed by atoms with van der Waals surface area (Å²) in [7, 11) is 0. The molecule has 0 heterocycles. The topological polar surface area (TPSA) is 249 Å². The van der Waals surface area contributed by atoms with Gasteiger partial charge in [-0.1, -0.05) is 0 Å². The monoisotopic (exact) mass is 422 g/mol. The fraction of sp³-hybridized carbons (Fsp3) is 0.667. The fourth-order valence-corrected chi connectivity index (χ4v) is 1.95. The van der Waals surface area contributed by atoms with Crippen LogP contribution in [0.2, 0.25) is 0 Å². The van der Waals surface area contributed by atoms with E-state index in [4.69, 9.17) is 15.9 Å². The standard InChI is InChI=1S/C15H26N4O10/c1-6(22)11(16)14(27)19-9(5-21)13(26)18-8(4-20)12(25)17-7(15(28)29)2-3-10(23)24/h6-9,11,20-22H,2-5,16H2,1H3,(H,17,25)(H,18,26)(H,19,27)(H,23,24)(H,28,29). The Morgan fingerprint density at radius 1 is 0.828 bits per heavy atom. The molecule has 0 saturated heterocycles. The summed E-state index contributed by atoms with van der Waals surface area (Å²) < 4.78 is 0. The van der Waals surface area contributed by atoms with Crippen molar-refractivity contribution in [2.75, 3.05) is 13.2 Å². The van der Waals surface area contributed by atoms with Crippen LogP contribution in [0.25, 0.3) is 0 Å². The quantitative estimate of drug-likeness (QED) is 0.136. The molecule has 5 unspecified atom stereocenters. The number of aliphatic hydroxyl groups excluding tert-OH is 3. The molecule has 0 saturated carbocycles. The van der Waals surface area contributed by atoms with Gasteiger partial charge >= 0.3 is 11.9 Å². The van der Waals surface area contributed by atoms with E-state index in [-0.39, 0.29) is 0 Å². The van der Waals surface area contributed by atoms with Gasteiger partial charge in [-0.2, -0.15) is 0 Å². The van der Waals surface area contributed by atoms with E-state index >= 15 is 0 Å². The minimum absolute atomic E-state index is 0.435. The lowest BCUT2D eigenvalue weighted by molar-refractivity contribution is -0.143. The van der Waals surface area contributed by atoms with Gasteiger partial charge in [-0.15, -0.1) is 0 Å². The van der Waals surface area contributed by atoms with E-state index < -0.39 is 86.0 Å². The van der Waals surface area contributed by atoms with Gasteiger partial charge in [-0.3, -0.25) is 19.2 Å². The Morgan fingerprint density at radius 2 is 1.24 bits per heavy atom. The molecule has 0 aliphatic rings. The van der Waals surface area contributed by atoms with E-state index in [0.717, 1.165) is 0 Å². The second kappa shape index (κ2) is 12.6. The molecule has 3 amide bonds. The first-order valence-electron chi connectivity index (χ1n) is 8.45. The fourth-order valence-electron chi connectivity index (χ4n) is 1.95. The van der Waals surface area contributed by atoms with Crippen LogP contribution in [0.5, 0.6) is 0 Å². The second-order valence-electron chi connectivity index (χ2n) is 6.09. The molecular formula is C15H26N4O10. The van der Waals surface area contributed by atoms with Crippen molar-refractivity contribution in [2.45, 2.75) is 50.0 Å². The average molecular weight is 422 g/mol. The van der Waals surface area contributed by atoms with Crippen LogP contribution in [0.1, 0.15) is 19.8 Å². The first-order chi connectivity index (χ1) is 13.4. The van der Waals surface area contributed by atoms with E-state index in [0.29, 0.717) is 0 Å². The SMILES string of the molecule is CC(O)C(N)C(=O)NC(CO)C(=O)NC(CO)C(=O)NC(CCC(=O)O)C(=O)O. The zero-order valence-corrected chi connectivity index (χ0v) is 15.6. The van der Waals surface area contributed by atoms with E-state index in [1.165, 1.54) is 6.92 Å². The molecule has 29 heavy (non-hydrogen) atoms. The van der Waals surface area contributed by atoms with Crippen LogP contribution in [0, 0.1) is 0 Å². The number of aliphatic carboxylic acids is 2. The number of carbonyl (C=O) groups is 5. The van der Waals surface area contributed by atoms with Crippen LogP contribution in [-0.2, 0) is 24.0 Å². The molecule has 0 spiro atoms. The average Bonchev–Trinajstić information content (AvgIpc) is 2.65. The molecule has 0 aromatic heterocycles. The summed E-state index contributed by atoms with van der Waals surface area (Å²) in [4.78, 5) is 57.7. The molecule has 166 valence electrons. The number of carboxylic acids is 2. The minimum Gasteiger partial charge on any atom is -0.481 e. The Bertz CT molecular complexity index is 612. The smallest absolute Gasteiger partial charge is 0.326 e. The van der Waals surface area contributed by atoms with Crippen molar-refractivity contribution < 1.29 is 49.5 Å². The van der Waals surface area contributed by atoms with Crippen molar-refractivity contribution in [1.29, 1.82) is 0 Å². The van der Waals surface area contributed by atoms with Gasteiger partial charge in [0.25, 0.3) is 0 Å². The zero-order valence-electron chi connectivity index (χ0n) is 15.6. The number of nitrogens with one attached hydrogen (secondary N) is 3. The molecule has 0 radical (unpaired) electrons. The van der Waals surface area contributed by atoms with Gasteiger partial charge in [0.2, 0.25) is 17.7 Å². The third kappa shape index (κ3) is 9.29. The highest BCUT2D eigenvalue weighted by molar-refractivity contribution is 5.94. The number of amides is 3. The molecule has 0 aliphatic carbocycles. The molecule has 0 fully saturated rings. The summed E-state index contributed by atoms with van der Waals surface area (Å²) in [5, 5.41) is 51.5. The Labute approximate surface area is 165 Å². The van der Waals surface area contributed by atoms with Gasteiger partial charge in [0.1, 0.15) is 24.2 Å². The molecular weight excluding hydrogens is 396 g/mol. The van der Waals surface area contributed by atoms with Crippen molar-refractivity contribution in [1.82, 2.24) is 16.0 Å². The number of hydrogen-bond acceptors (Lipinski definition) is 9. The first kappa shape index (κ1) is 26.2. The molecule has 0 aromatic rings. The van der Waals surface area contributed by atoms with Crippen LogP contribution >= 0.6 is 0 Å². The molecule has 14 nitrogen and oxygen atoms in total. The maximum atomic E-state index is 12.1. The van der Waals surface area contributed by atoms with E-state index in [2.05, 4.69) is 0 Å². The lowest BCUT2D eigenvalue weighted by Crippen LogP contribution is -2.59. The summed E-state index contributed by atoms with van der Waals surface area (Å²) in [6.45, 7) is -0.629. The van der Waals surface area contributed by atoms with Crippen LogP contribution in [-0.4, -0.2) is 98.7 Å². The van der Waals surface area contributed by atoms with Crippen molar-refractivity contribution in [3.63, 3.8) is 0 Å². The number of rotatable bonds is 13. The highest BCUT2D eigenvalue weighted by atomic mass is 16.4. The van der Waals surface area contributed by atoms with Crippen LogP contribution in [0.4, 0.5) is 0 Å². The van der Waals surface area contributed by atoms with Crippen LogP contribution in [0.3, 0.4) is 0 Å². The highest BCUT2D eigenvalue weighted by Crippen LogP contribution is 2.00. The summed E-state index contributed by atoms with van der Waals surface area (Å²) in [5.74, 6) is -5.98. The molecule has 14 heteroatoms. The molecule has 0 bridgehead atoms. The van der Waals surface area contributed by atoms with E-state index in [1.807, 2.05) is 16.0 Å². The Morgan fingerprint density at radius 3 is 1.59 bits per heavy atom. The van der Waals surface area contributed by atoms with Gasteiger partial charge in [-0.25, -0.2) is 4.79 Å². The predicted octanol–water partition coefficient (Wildman–Crippen LogP) is -4.92. The summed E-state index contributed by atoms with van der Waals surface area (Å²) >= 11 is 0. The molecule has 0 aromatic carbocycles. The third-order valence-corrected chi connectivity index (χ3v) is 3.72. The lowest BCUT2D eigenvalue weighted by atomic mass is 10.1. The summed E-state index contributed by atoms with van der Waals surface area (Å²) in [5.41, 5.74) is 5.39. The Balaban J connectivity index is 5.01. The first-order valence-corrected chi connectivity index (χ1v) is 8.45. The molecule has 5 atom stereocenters. The minimum atomic E-state index is -1.65. The number of carboxylic acid groups (broad SMARTS) is 2. The van der Waals surface area contributed by atoms with Crippen LogP contribution in [0.15, 0.2) is 0 Å². The van der Waals surface area contributed by atoms with Crippen molar-refractivity contribution in [2.24, 2.45) is 5.73 Å². The van der Waals surface area contributed by atoms with Gasteiger partial charge in [-0.05, 0) is 13.3 Å². The van der Waals surface area contributed by atoms with Gasteiger partial charge in [0.15, 0.2) is 0 Å².